The van der Waals surface area contributed by atoms with Gasteiger partial charge in [-0.25, -0.2) is 0 Å². The summed E-state index contributed by atoms with van der Waals surface area (Å²) in [5, 5.41) is 12.6. The van der Waals surface area contributed by atoms with E-state index in [1.807, 2.05) is 18.3 Å². The van der Waals surface area contributed by atoms with Crippen molar-refractivity contribution in [3.63, 3.8) is 0 Å². The van der Waals surface area contributed by atoms with Crippen LogP contribution in [0.4, 0.5) is 5.69 Å². The quantitative estimate of drug-likeness (QED) is 0.501. The molecule has 140 valence electrons. The van der Waals surface area contributed by atoms with E-state index >= 15 is 0 Å². The molecule has 2 aromatic carbocycles. The molecule has 0 aliphatic carbocycles. The van der Waals surface area contributed by atoms with Gasteiger partial charge in [-0.15, -0.1) is 0 Å². The molecular weight excluding hydrogens is 336 g/mol. The third-order valence-corrected chi connectivity index (χ3v) is 4.94. The highest BCUT2D eigenvalue weighted by Gasteiger charge is 2.18. The van der Waals surface area contributed by atoms with Gasteiger partial charge in [-0.05, 0) is 36.6 Å². The Labute approximate surface area is 161 Å². The van der Waals surface area contributed by atoms with Gasteiger partial charge in [0.25, 0.3) is 0 Å². The molecule has 0 spiro atoms. The summed E-state index contributed by atoms with van der Waals surface area (Å²) < 4.78 is 5.48. The number of hydrogen-bond acceptors (Lipinski definition) is 4. The Balaban J connectivity index is 1.79. The van der Waals surface area contributed by atoms with Crippen molar-refractivity contribution < 1.29 is 4.74 Å². The summed E-state index contributed by atoms with van der Waals surface area (Å²) in [6.07, 6.45) is 2.56. The molecule has 0 radical (unpaired) electrons. The van der Waals surface area contributed by atoms with Crippen LogP contribution in [0.1, 0.15) is 29.7 Å². The zero-order valence-corrected chi connectivity index (χ0v) is 16.0. The molecule has 27 heavy (non-hydrogen) atoms. The van der Waals surface area contributed by atoms with Gasteiger partial charge in [0, 0.05) is 25.2 Å². The van der Waals surface area contributed by atoms with Gasteiger partial charge in [0.15, 0.2) is 0 Å². The molecule has 0 amide bonds. The molecule has 1 saturated heterocycles. The number of rotatable bonds is 5. The number of amidine groups is 1. The smallest absolute Gasteiger partial charge is 0.207 e. The number of aryl methyl sites for hydroxylation is 1. The van der Waals surface area contributed by atoms with Crippen LogP contribution in [0.25, 0.3) is 0 Å². The van der Waals surface area contributed by atoms with Crippen molar-refractivity contribution in [3.05, 3.63) is 65.2 Å². The molecule has 1 aliphatic heterocycles. The molecule has 1 fully saturated rings. The third kappa shape index (κ3) is 4.87. The van der Waals surface area contributed by atoms with E-state index in [1.54, 1.807) is 0 Å². The second kappa shape index (κ2) is 9.20. The first-order valence-electron chi connectivity index (χ1n) is 9.37. The maximum Gasteiger partial charge on any atom is 0.207 e. The second-order valence-electron chi connectivity index (χ2n) is 6.79. The fourth-order valence-electron chi connectivity index (χ4n) is 3.45. The summed E-state index contributed by atoms with van der Waals surface area (Å²) in [7, 11) is 0. The Morgan fingerprint density at radius 1 is 1.19 bits per heavy atom. The normalized spacial score (nSPS) is 15.9. The van der Waals surface area contributed by atoms with Gasteiger partial charge in [-0.2, -0.15) is 10.3 Å². The lowest BCUT2D eigenvalue weighted by Gasteiger charge is -2.32. The lowest BCUT2D eigenvalue weighted by Crippen LogP contribution is -2.37. The topological polar surface area (TPSA) is 60.7 Å². The van der Waals surface area contributed by atoms with Crippen LogP contribution >= 0.6 is 0 Å². The predicted molar refractivity (Wildman–Crippen MR) is 109 cm³/mol. The molecule has 1 aliphatic rings. The van der Waals surface area contributed by atoms with Crippen LogP contribution < -0.4 is 10.2 Å². The minimum atomic E-state index is 0.0418. The number of ether oxygens (including phenoxy) is 1. The molecule has 1 heterocycles. The van der Waals surface area contributed by atoms with Crippen molar-refractivity contribution in [2.24, 2.45) is 4.99 Å². The summed E-state index contributed by atoms with van der Waals surface area (Å²) in [5.41, 5.74) is 4.79. The van der Waals surface area contributed by atoms with Gasteiger partial charge in [0.2, 0.25) is 6.19 Å². The summed E-state index contributed by atoms with van der Waals surface area (Å²) in [6, 6.07) is 16.7. The molecule has 1 unspecified atom stereocenters. The van der Waals surface area contributed by atoms with Crippen LogP contribution in [-0.4, -0.2) is 32.1 Å². The van der Waals surface area contributed by atoms with Gasteiger partial charge in [0.05, 0.1) is 19.3 Å². The van der Waals surface area contributed by atoms with E-state index in [1.165, 1.54) is 22.4 Å². The van der Waals surface area contributed by atoms with Crippen molar-refractivity contribution in [1.29, 1.82) is 5.26 Å². The van der Waals surface area contributed by atoms with Crippen LogP contribution in [0.2, 0.25) is 0 Å². The number of morpholine rings is 1. The first kappa shape index (κ1) is 18.9. The monoisotopic (exact) mass is 362 g/mol. The number of benzene rings is 2. The van der Waals surface area contributed by atoms with E-state index in [2.05, 4.69) is 65.5 Å². The lowest BCUT2D eigenvalue weighted by atomic mass is 10.0. The van der Waals surface area contributed by atoms with Gasteiger partial charge >= 0.3 is 0 Å². The fourth-order valence-corrected chi connectivity index (χ4v) is 3.45. The van der Waals surface area contributed by atoms with Crippen molar-refractivity contribution in [2.75, 3.05) is 31.2 Å². The highest BCUT2D eigenvalue weighted by Crippen LogP contribution is 2.27. The number of anilines is 1. The molecule has 0 bridgehead atoms. The summed E-state index contributed by atoms with van der Waals surface area (Å²) >= 11 is 0. The van der Waals surface area contributed by atoms with Gasteiger partial charge in [0.1, 0.15) is 5.84 Å². The average Bonchev–Trinajstić information content (AvgIpc) is 2.70. The Morgan fingerprint density at radius 2 is 1.89 bits per heavy atom. The molecule has 1 atom stereocenters. The first-order chi connectivity index (χ1) is 13.2. The second-order valence-corrected chi connectivity index (χ2v) is 6.79. The van der Waals surface area contributed by atoms with Crippen molar-refractivity contribution in [1.82, 2.24) is 5.32 Å². The van der Waals surface area contributed by atoms with Crippen LogP contribution in [-0.2, 0) is 11.2 Å². The third-order valence-electron chi connectivity index (χ3n) is 4.94. The molecule has 0 aromatic heterocycles. The van der Waals surface area contributed by atoms with E-state index in [4.69, 9.17) is 10.00 Å². The SMILES string of the molecule is Cc1ccccc1C/C(=N\C#N)NC(C)c1ccccc1N1CCOCC1. The standard InChI is InChI=1S/C22H26N4O/c1-17-7-3-4-8-19(17)15-22(24-16-23)25-18(2)20-9-5-6-10-21(20)26-11-13-27-14-12-26/h3-10,18H,11-15H2,1-2H3,(H,24,25). The molecule has 1 N–H and O–H groups in total. The number of hydrogen-bond donors (Lipinski definition) is 1. The largest absolute Gasteiger partial charge is 0.378 e. The predicted octanol–water partition coefficient (Wildman–Crippen LogP) is 3.60. The van der Waals surface area contributed by atoms with Crippen LogP contribution in [0.3, 0.4) is 0 Å². The van der Waals surface area contributed by atoms with Crippen molar-refractivity contribution >= 4 is 11.5 Å². The van der Waals surface area contributed by atoms with Crippen molar-refractivity contribution in [3.8, 4) is 6.19 Å². The maximum atomic E-state index is 9.13. The first-order valence-corrected chi connectivity index (χ1v) is 9.37. The van der Waals surface area contributed by atoms with E-state index < -0.39 is 0 Å². The fraction of sp³-hybridized carbons (Fsp3) is 0.364. The van der Waals surface area contributed by atoms with Crippen LogP contribution in [0.15, 0.2) is 53.5 Å². The summed E-state index contributed by atoms with van der Waals surface area (Å²) in [4.78, 5) is 6.41. The van der Waals surface area contributed by atoms with Crippen LogP contribution in [0.5, 0.6) is 0 Å². The lowest BCUT2D eigenvalue weighted by molar-refractivity contribution is 0.122. The van der Waals surface area contributed by atoms with Gasteiger partial charge < -0.3 is 15.0 Å². The Kier molecular flexibility index (Phi) is 6.45. The minimum absolute atomic E-state index is 0.0418. The molecule has 3 rings (SSSR count). The molecule has 0 saturated carbocycles. The number of nitriles is 1. The molecule has 5 nitrogen and oxygen atoms in total. The zero-order valence-electron chi connectivity index (χ0n) is 16.0. The zero-order chi connectivity index (χ0) is 19.1. The van der Waals surface area contributed by atoms with Crippen molar-refractivity contribution in [2.45, 2.75) is 26.3 Å². The van der Waals surface area contributed by atoms with Gasteiger partial charge in [-0.3, -0.25) is 0 Å². The summed E-state index contributed by atoms with van der Waals surface area (Å²) in [6.45, 7) is 7.49. The van der Waals surface area contributed by atoms with E-state index in [0.717, 1.165) is 26.3 Å². The summed E-state index contributed by atoms with van der Waals surface area (Å²) in [5.74, 6) is 0.691. The number of nitrogens with zero attached hydrogens (tertiary/aromatic N) is 3. The number of para-hydroxylation sites is 1. The van der Waals surface area contributed by atoms with E-state index in [0.29, 0.717) is 12.3 Å². The Bertz CT molecular complexity index is 834. The average molecular weight is 362 g/mol. The number of nitrogens with one attached hydrogen (secondary N) is 1. The Morgan fingerprint density at radius 3 is 2.63 bits per heavy atom. The minimum Gasteiger partial charge on any atom is -0.378 e. The highest BCUT2D eigenvalue weighted by molar-refractivity contribution is 5.86. The highest BCUT2D eigenvalue weighted by atomic mass is 16.5. The molecule has 5 heteroatoms. The van der Waals surface area contributed by atoms with E-state index in [-0.39, 0.29) is 6.04 Å². The Hall–Kier alpha value is -2.84. The van der Waals surface area contributed by atoms with E-state index in [9.17, 15) is 0 Å². The van der Waals surface area contributed by atoms with Gasteiger partial charge in [-0.1, -0.05) is 42.5 Å². The van der Waals surface area contributed by atoms with Crippen LogP contribution in [0, 0.1) is 18.4 Å². The molecular formula is C22H26N4O. The molecule has 2 aromatic rings. The maximum absolute atomic E-state index is 9.13. The number of aliphatic imine (C=N–C) groups is 1.